The summed E-state index contributed by atoms with van der Waals surface area (Å²) in [6.45, 7) is 0. The van der Waals surface area contributed by atoms with E-state index in [0.29, 0.717) is 93.1 Å². The molecule has 0 fully saturated rings. The molecule has 0 atom stereocenters. The summed E-state index contributed by atoms with van der Waals surface area (Å²) in [7, 11) is 0. The maximum atomic E-state index is 5.49. The van der Waals surface area contributed by atoms with Gasteiger partial charge in [-0.05, 0) is 103 Å². The topological polar surface area (TPSA) is 216 Å². The largest absolute Gasteiger partial charge is 0.309 e. The summed E-state index contributed by atoms with van der Waals surface area (Å²) in [5.41, 5.74) is 19.0. The van der Waals surface area contributed by atoms with Crippen molar-refractivity contribution in [3.8, 4) is 193 Å². The van der Waals surface area contributed by atoms with Crippen molar-refractivity contribution in [2.24, 2.45) is 0 Å². The molecule has 8 heterocycles. The van der Waals surface area contributed by atoms with Crippen LogP contribution in [0.4, 0.5) is 0 Å². The summed E-state index contributed by atoms with van der Waals surface area (Å²) in [5, 5.41) is 3.63. The third kappa shape index (κ3) is 14.4. The predicted molar refractivity (Wildman–Crippen MR) is 507 cm³/mol. The van der Waals surface area contributed by atoms with Crippen LogP contribution >= 0.6 is 0 Å². The number of nitrogens with zero attached hydrogens (tertiary/aromatic N) is 18. The molecule has 0 saturated heterocycles. The maximum absolute atomic E-state index is 5.49. The first-order valence-electron chi connectivity index (χ1n) is 42.0. The third-order valence-corrected chi connectivity index (χ3v) is 22.8. The maximum Gasteiger partial charge on any atom is 0.164 e. The Hall–Kier alpha value is -17.9. The normalized spacial score (nSPS) is 11.4. The highest BCUT2D eigenvalue weighted by Crippen LogP contribution is 2.44. The molecule has 0 unspecified atom stereocenters. The minimum atomic E-state index is 0.464. The average molecular weight is 1640 g/mol. The smallest absolute Gasteiger partial charge is 0.164 e. The number of fused-ring (bicyclic) bond motifs is 6. The van der Waals surface area contributed by atoms with Crippen LogP contribution in [-0.4, -0.2) is 88.9 Å². The fraction of sp³-hybridized carbons (Fsp3) is 0. The van der Waals surface area contributed by atoms with E-state index in [-0.39, 0.29) is 0 Å². The Morgan fingerprint density at radius 3 is 0.555 bits per heavy atom. The molecule has 0 aliphatic heterocycles. The Balaban J connectivity index is 0.764. The van der Waals surface area contributed by atoms with Gasteiger partial charge in [0.25, 0.3) is 0 Å². The minimum absolute atomic E-state index is 0.464. The van der Waals surface area contributed by atoms with Gasteiger partial charge in [-0.3, -0.25) is 4.98 Å². The molecule has 0 amide bonds. The fourth-order valence-corrected chi connectivity index (χ4v) is 16.6. The molecule has 15 aromatic carbocycles. The zero-order chi connectivity index (χ0) is 84.8. The van der Waals surface area contributed by atoms with Crippen molar-refractivity contribution in [3.63, 3.8) is 0 Å². The summed E-state index contributed by atoms with van der Waals surface area (Å²) in [4.78, 5) is 84.1. The number of pyridine rings is 1. The molecular weight excluding hydrogens is 1570 g/mol. The lowest BCUT2D eigenvalue weighted by atomic mass is 10.0. The van der Waals surface area contributed by atoms with Gasteiger partial charge in [-0.25, -0.2) is 74.8 Å². The van der Waals surface area contributed by atoms with E-state index in [0.717, 1.165) is 144 Å². The van der Waals surface area contributed by atoms with Crippen molar-refractivity contribution in [3.05, 3.63) is 413 Å². The number of rotatable bonds is 18. The zero-order valence-electron chi connectivity index (χ0n) is 68.3. The SMILES string of the molecule is c1ccc(-c2nc(-c3ccccc3)nc(-c3ccc(-n4c5ccc(-c6nc(-c7ccccc7)nc(-c7ccccc7)n6)cc5c5cc(-c6nc(-c7ccccc7)nc(-c7ccccc7)n6)ccc54)c(-c4cc(-n5c6ccc(-c7nc(-c8ccccc8)nc(-c8ccccc8)n7)cc6c6cc(-c7nc(-c8ccccc8)nc(-c8ccccc8)n7)ccc65)ccn4)c3)n2)cc1. The van der Waals surface area contributed by atoms with Crippen LogP contribution in [-0.2, 0) is 0 Å². The molecule has 0 N–H and O–H groups in total. The first-order valence-corrected chi connectivity index (χ1v) is 42.0. The van der Waals surface area contributed by atoms with Gasteiger partial charge in [-0.2, -0.15) is 0 Å². The highest BCUT2D eigenvalue weighted by molar-refractivity contribution is 6.13. The van der Waals surface area contributed by atoms with Crippen molar-refractivity contribution >= 4 is 43.6 Å². The molecule has 128 heavy (non-hydrogen) atoms. The van der Waals surface area contributed by atoms with Gasteiger partial charge in [-0.15, -0.1) is 0 Å². The molecule has 8 aromatic heterocycles. The molecule has 23 aromatic rings. The second kappa shape index (κ2) is 32.5. The Morgan fingerprint density at radius 1 is 0.148 bits per heavy atom. The molecule has 598 valence electrons. The second-order valence-corrected chi connectivity index (χ2v) is 30.9. The Bertz CT molecular complexity index is 7490. The Kier molecular flexibility index (Phi) is 19.1. The predicted octanol–water partition coefficient (Wildman–Crippen LogP) is 24.9. The van der Waals surface area contributed by atoms with Crippen LogP contribution in [0.5, 0.6) is 0 Å². The van der Waals surface area contributed by atoms with Crippen LogP contribution in [0.3, 0.4) is 0 Å². The van der Waals surface area contributed by atoms with E-state index in [9.17, 15) is 0 Å². The summed E-state index contributed by atoms with van der Waals surface area (Å²) in [6.07, 6.45) is 1.89. The third-order valence-electron chi connectivity index (χ3n) is 22.8. The molecule has 18 heteroatoms. The van der Waals surface area contributed by atoms with E-state index in [1.54, 1.807) is 0 Å². The standard InChI is InChI=1S/C110H68N18/c1-11-31-69(32-12-1)96-112-97(70-33-13-2-14-34-70)118-106(117-96)79-51-56-91-85(63-79)86-64-80(107-119-98(71-35-15-3-16-36-71)113-99(120-107)72-37-17-4-18-38-72)52-57-92(86)127(91)84-61-62-111-90(68-84)89-67-83(110-125-104(77-47-27-9-28-48-77)116-105(126-110)78-49-29-10-30-50-78)55-60-95(89)128-93-58-53-81(108-121-100(73-39-19-5-20-40-73)114-101(122-108)74-41-21-6-22-42-74)65-87(93)88-66-82(54-59-94(88)128)109-123-102(75-43-23-7-24-44-75)115-103(124-109)76-45-25-8-26-46-76/h1-68H. The van der Waals surface area contributed by atoms with Crippen molar-refractivity contribution in [2.45, 2.75) is 0 Å². The minimum Gasteiger partial charge on any atom is -0.309 e. The number of hydrogen-bond donors (Lipinski definition) is 0. The Labute approximate surface area is 734 Å². The Morgan fingerprint density at radius 2 is 0.336 bits per heavy atom. The van der Waals surface area contributed by atoms with Crippen molar-refractivity contribution in [1.29, 1.82) is 0 Å². The monoisotopic (exact) mass is 1640 g/mol. The van der Waals surface area contributed by atoms with Gasteiger partial charge in [0.05, 0.1) is 33.4 Å². The first-order chi connectivity index (χ1) is 63.4. The van der Waals surface area contributed by atoms with Gasteiger partial charge < -0.3 is 9.13 Å². The van der Waals surface area contributed by atoms with E-state index >= 15 is 0 Å². The van der Waals surface area contributed by atoms with Crippen LogP contribution in [0, 0.1) is 0 Å². The molecule has 0 aliphatic carbocycles. The van der Waals surface area contributed by atoms with Crippen LogP contribution in [0.2, 0.25) is 0 Å². The van der Waals surface area contributed by atoms with Gasteiger partial charge in [0.15, 0.2) is 87.4 Å². The molecule has 0 bridgehead atoms. The lowest BCUT2D eigenvalue weighted by Gasteiger charge is -2.17. The van der Waals surface area contributed by atoms with Gasteiger partial charge >= 0.3 is 0 Å². The molecule has 23 rings (SSSR count). The molecule has 0 saturated carbocycles. The highest BCUT2D eigenvalue weighted by Gasteiger charge is 2.27. The molecule has 0 spiro atoms. The van der Waals surface area contributed by atoms with E-state index in [4.69, 9.17) is 79.7 Å². The van der Waals surface area contributed by atoms with Gasteiger partial charge in [-0.1, -0.05) is 303 Å². The summed E-state index contributed by atoms with van der Waals surface area (Å²) >= 11 is 0. The van der Waals surface area contributed by atoms with Crippen molar-refractivity contribution < 1.29 is 0 Å². The van der Waals surface area contributed by atoms with Crippen LogP contribution in [0.15, 0.2) is 413 Å². The fourth-order valence-electron chi connectivity index (χ4n) is 16.6. The molecule has 18 nitrogen and oxygen atoms in total. The molecular formula is C110H68N18. The first kappa shape index (κ1) is 75.1. The number of benzene rings is 15. The number of hydrogen-bond acceptors (Lipinski definition) is 16. The van der Waals surface area contributed by atoms with E-state index in [1.807, 2.05) is 310 Å². The average Bonchev–Trinajstić information content (AvgIpc) is 1.58. The van der Waals surface area contributed by atoms with Crippen molar-refractivity contribution in [2.75, 3.05) is 0 Å². The summed E-state index contributed by atoms with van der Waals surface area (Å²) in [5.74, 6) is 7.90. The lowest BCUT2D eigenvalue weighted by molar-refractivity contribution is 1.07. The number of aromatic nitrogens is 18. The lowest BCUT2D eigenvalue weighted by Crippen LogP contribution is -2.03. The van der Waals surface area contributed by atoms with E-state index in [1.165, 1.54) is 0 Å². The van der Waals surface area contributed by atoms with Crippen molar-refractivity contribution in [1.82, 2.24) is 88.9 Å². The van der Waals surface area contributed by atoms with Crippen LogP contribution in [0.25, 0.3) is 237 Å². The molecule has 0 radical (unpaired) electrons. The zero-order valence-corrected chi connectivity index (χ0v) is 68.3. The van der Waals surface area contributed by atoms with Gasteiger partial charge in [0, 0.05) is 122 Å². The van der Waals surface area contributed by atoms with Gasteiger partial charge in [0.1, 0.15) is 0 Å². The second-order valence-electron chi connectivity index (χ2n) is 30.9. The van der Waals surface area contributed by atoms with E-state index in [2.05, 4.69) is 112 Å². The quantitative estimate of drug-likeness (QED) is 0.0780. The summed E-state index contributed by atoms with van der Waals surface area (Å²) in [6, 6.07) is 137. The van der Waals surface area contributed by atoms with Crippen LogP contribution in [0.1, 0.15) is 0 Å². The van der Waals surface area contributed by atoms with E-state index < -0.39 is 0 Å². The molecule has 0 aliphatic rings. The van der Waals surface area contributed by atoms with Gasteiger partial charge in [0.2, 0.25) is 0 Å². The summed E-state index contributed by atoms with van der Waals surface area (Å²) < 4.78 is 4.63. The highest BCUT2D eigenvalue weighted by atomic mass is 15.1. The van der Waals surface area contributed by atoms with Crippen LogP contribution < -0.4 is 0 Å².